The Morgan fingerprint density at radius 3 is 2.52 bits per heavy atom. The zero-order valence-corrected chi connectivity index (χ0v) is 16.7. The largest absolute Gasteiger partial charge is 0.438 e. The molecule has 0 atom stereocenters. The fourth-order valence-electron chi connectivity index (χ4n) is 2.88. The van der Waals surface area contributed by atoms with E-state index in [0.717, 1.165) is 20.6 Å². The molecule has 3 rings (SSSR count). The Kier molecular flexibility index (Phi) is 5.70. The van der Waals surface area contributed by atoms with Crippen molar-refractivity contribution in [2.75, 3.05) is 11.6 Å². The van der Waals surface area contributed by atoms with Gasteiger partial charge in [0.1, 0.15) is 6.54 Å². The molecule has 0 spiro atoms. The number of amides is 1. The van der Waals surface area contributed by atoms with Gasteiger partial charge in [-0.1, -0.05) is 6.07 Å². The molecule has 1 aromatic heterocycles. The van der Waals surface area contributed by atoms with Crippen LogP contribution in [-0.4, -0.2) is 21.7 Å². The van der Waals surface area contributed by atoms with Crippen LogP contribution in [0.4, 0.5) is 18.9 Å². The van der Waals surface area contributed by atoms with E-state index in [1.165, 1.54) is 17.8 Å². The summed E-state index contributed by atoms with van der Waals surface area (Å²) in [5.41, 5.74) is -0.679. The molecule has 0 unspecified atom stereocenters. The second-order valence-corrected chi connectivity index (χ2v) is 7.43. The van der Waals surface area contributed by atoms with Crippen molar-refractivity contribution in [3.05, 3.63) is 63.6 Å². The van der Waals surface area contributed by atoms with Crippen LogP contribution in [0.3, 0.4) is 0 Å². The highest BCUT2D eigenvalue weighted by atomic mass is 32.2. The van der Waals surface area contributed by atoms with Crippen molar-refractivity contribution in [1.82, 2.24) is 9.55 Å². The number of anilines is 1. The molecule has 0 bridgehead atoms. The second-order valence-electron chi connectivity index (χ2n) is 6.55. The number of fused-ring (bicyclic) bond motifs is 1. The highest BCUT2D eigenvalue weighted by Crippen LogP contribution is 2.27. The summed E-state index contributed by atoms with van der Waals surface area (Å²) in [6.07, 6.45) is -3.04. The van der Waals surface area contributed by atoms with E-state index in [-0.39, 0.29) is 11.0 Å². The van der Waals surface area contributed by atoms with E-state index in [2.05, 4.69) is 10.3 Å². The number of rotatable bonds is 4. The zero-order chi connectivity index (χ0) is 21.3. The molecule has 1 heterocycles. The van der Waals surface area contributed by atoms with Crippen LogP contribution in [0, 0.1) is 13.8 Å². The van der Waals surface area contributed by atoms with Gasteiger partial charge >= 0.3 is 6.18 Å². The predicted octanol–water partition coefficient (Wildman–Crippen LogP) is 4.39. The number of carbonyl (C=O) groups is 1. The maximum absolute atomic E-state index is 13.3. The first-order chi connectivity index (χ1) is 13.6. The van der Waals surface area contributed by atoms with Crippen LogP contribution in [0.2, 0.25) is 0 Å². The third-order valence-electron chi connectivity index (χ3n) is 4.49. The summed E-state index contributed by atoms with van der Waals surface area (Å²) < 4.78 is 40.8. The molecule has 152 valence electrons. The Balaban J connectivity index is 2.07. The average molecular weight is 421 g/mol. The van der Waals surface area contributed by atoms with Crippen LogP contribution < -0.4 is 10.9 Å². The summed E-state index contributed by atoms with van der Waals surface area (Å²) in [5.74, 6) is -0.607. The number of hydrogen-bond donors (Lipinski definition) is 1. The van der Waals surface area contributed by atoms with Gasteiger partial charge in [-0.2, -0.15) is 13.2 Å². The number of benzene rings is 2. The van der Waals surface area contributed by atoms with Gasteiger partial charge in [-0.3, -0.25) is 14.2 Å². The summed E-state index contributed by atoms with van der Waals surface area (Å²) in [6, 6.07) is 10.1. The SMILES string of the molecule is CSc1cccc(NC(=O)Cn2c(=O)c(C(F)(F)F)nc3cc(C)c(C)cc32)c1. The van der Waals surface area contributed by atoms with E-state index >= 15 is 0 Å². The van der Waals surface area contributed by atoms with Gasteiger partial charge in [0.15, 0.2) is 0 Å². The Labute approximate surface area is 169 Å². The lowest BCUT2D eigenvalue weighted by Gasteiger charge is -2.15. The Morgan fingerprint density at radius 1 is 1.17 bits per heavy atom. The first-order valence-electron chi connectivity index (χ1n) is 8.63. The minimum Gasteiger partial charge on any atom is -0.324 e. The molecule has 29 heavy (non-hydrogen) atoms. The van der Waals surface area contributed by atoms with E-state index in [0.29, 0.717) is 5.69 Å². The third-order valence-corrected chi connectivity index (χ3v) is 5.21. The van der Waals surface area contributed by atoms with Gasteiger partial charge < -0.3 is 5.32 Å². The van der Waals surface area contributed by atoms with E-state index in [1.54, 1.807) is 38.1 Å². The van der Waals surface area contributed by atoms with Gasteiger partial charge in [-0.05, 0) is 61.6 Å². The summed E-state index contributed by atoms with van der Waals surface area (Å²) >= 11 is 1.49. The van der Waals surface area contributed by atoms with Crippen LogP contribution in [0.1, 0.15) is 16.8 Å². The van der Waals surface area contributed by atoms with E-state index in [1.807, 2.05) is 12.3 Å². The topological polar surface area (TPSA) is 64.0 Å². The fourth-order valence-corrected chi connectivity index (χ4v) is 3.34. The number of halogens is 3. The van der Waals surface area contributed by atoms with Crippen LogP contribution in [0.15, 0.2) is 46.1 Å². The second kappa shape index (κ2) is 7.90. The molecule has 2 aromatic carbocycles. The Morgan fingerprint density at radius 2 is 1.86 bits per heavy atom. The number of nitrogens with one attached hydrogen (secondary N) is 1. The third kappa shape index (κ3) is 4.45. The van der Waals surface area contributed by atoms with Crippen molar-refractivity contribution < 1.29 is 18.0 Å². The van der Waals surface area contributed by atoms with Gasteiger partial charge in [0.05, 0.1) is 11.0 Å². The number of thioether (sulfide) groups is 1. The van der Waals surface area contributed by atoms with Crippen LogP contribution >= 0.6 is 11.8 Å². The number of nitrogens with zero attached hydrogens (tertiary/aromatic N) is 2. The van der Waals surface area contributed by atoms with E-state index in [9.17, 15) is 22.8 Å². The number of aromatic nitrogens is 2. The number of alkyl halides is 3. The lowest BCUT2D eigenvalue weighted by molar-refractivity contribution is -0.142. The van der Waals surface area contributed by atoms with Crippen molar-refractivity contribution in [1.29, 1.82) is 0 Å². The van der Waals surface area contributed by atoms with Crippen LogP contribution in [0.5, 0.6) is 0 Å². The molecule has 0 saturated heterocycles. The molecule has 0 aliphatic rings. The zero-order valence-electron chi connectivity index (χ0n) is 15.9. The lowest BCUT2D eigenvalue weighted by atomic mass is 10.1. The minimum atomic E-state index is -4.92. The quantitative estimate of drug-likeness (QED) is 0.635. The van der Waals surface area contributed by atoms with Gasteiger partial charge in [-0.25, -0.2) is 4.98 Å². The normalized spacial score (nSPS) is 11.7. The van der Waals surface area contributed by atoms with Gasteiger partial charge in [0, 0.05) is 10.6 Å². The maximum atomic E-state index is 13.3. The molecule has 0 aliphatic carbocycles. The van der Waals surface area contributed by atoms with Crippen molar-refractivity contribution in [3.63, 3.8) is 0 Å². The smallest absolute Gasteiger partial charge is 0.324 e. The van der Waals surface area contributed by atoms with Crippen LogP contribution in [0.25, 0.3) is 11.0 Å². The first kappa shape index (κ1) is 20.9. The standard InChI is InChI=1S/C20H18F3N3O2S/c1-11-7-15-16(8-12(11)2)26(19(28)18(25-15)20(21,22)23)10-17(27)24-13-5-4-6-14(9-13)29-3/h4-9H,10H2,1-3H3,(H,24,27). The molecular weight excluding hydrogens is 403 g/mol. The molecule has 5 nitrogen and oxygen atoms in total. The summed E-state index contributed by atoms with van der Waals surface area (Å²) in [5, 5.41) is 2.63. The van der Waals surface area contributed by atoms with Gasteiger partial charge in [0.25, 0.3) is 5.56 Å². The molecule has 0 aliphatic heterocycles. The van der Waals surface area contributed by atoms with Crippen LogP contribution in [-0.2, 0) is 17.5 Å². The van der Waals surface area contributed by atoms with Crippen molar-refractivity contribution in [2.45, 2.75) is 31.5 Å². The van der Waals surface area contributed by atoms with Crippen molar-refractivity contribution in [3.8, 4) is 0 Å². The first-order valence-corrected chi connectivity index (χ1v) is 9.85. The van der Waals surface area contributed by atoms with E-state index in [4.69, 9.17) is 0 Å². The Hall–Kier alpha value is -2.81. The van der Waals surface area contributed by atoms with E-state index < -0.39 is 29.9 Å². The number of aryl methyl sites for hydroxylation is 2. The summed E-state index contributed by atoms with van der Waals surface area (Å²) in [6.45, 7) is 2.95. The van der Waals surface area contributed by atoms with Crippen molar-refractivity contribution >= 4 is 34.4 Å². The highest BCUT2D eigenvalue weighted by Gasteiger charge is 2.37. The van der Waals surface area contributed by atoms with Gasteiger partial charge in [0.2, 0.25) is 11.6 Å². The van der Waals surface area contributed by atoms with Gasteiger partial charge in [-0.15, -0.1) is 11.8 Å². The fraction of sp³-hybridized carbons (Fsp3) is 0.250. The molecular formula is C20H18F3N3O2S. The minimum absolute atomic E-state index is 0.0113. The molecule has 1 N–H and O–H groups in total. The average Bonchev–Trinajstić information content (AvgIpc) is 2.64. The summed E-state index contributed by atoms with van der Waals surface area (Å²) in [7, 11) is 0. The predicted molar refractivity (Wildman–Crippen MR) is 107 cm³/mol. The summed E-state index contributed by atoms with van der Waals surface area (Å²) in [4.78, 5) is 29.5. The lowest BCUT2D eigenvalue weighted by Crippen LogP contribution is -2.34. The monoisotopic (exact) mass is 421 g/mol. The molecule has 9 heteroatoms. The van der Waals surface area contributed by atoms with Crippen molar-refractivity contribution in [2.24, 2.45) is 0 Å². The molecule has 0 fully saturated rings. The highest BCUT2D eigenvalue weighted by molar-refractivity contribution is 7.98. The molecule has 1 amide bonds. The number of hydrogen-bond acceptors (Lipinski definition) is 4. The maximum Gasteiger partial charge on any atom is 0.438 e. The Bertz CT molecular complexity index is 1160. The molecule has 3 aromatic rings. The molecule has 0 saturated carbocycles. The molecule has 0 radical (unpaired) electrons. The number of carbonyl (C=O) groups excluding carboxylic acids is 1.